The van der Waals surface area contributed by atoms with E-state index in [4.69, 9.17) is 0 Å². The third-order valence-electron chi connectivity index (χ3n) is 3.23. The summed E-state index contributed by atoms with van der Waals surface area (Å²) in [7, 11) is -3.34. The predicted octanol–water partition coefficient (Wildman–Crippen LogP) is 2.97. The van der Waals surface area contributed by atoms with Gasteiger partial charge in [0, 0.05) is 22.8 Å². The van der Waals surface area contributed by atoms with Crippen LogP contribution < -0.4 is 10.0 Å². The lowest BCUT2D eigenvalue weighted by Gasteiger charge is -2.04. The van der Waals surface area contributed by atoms with Crippen molar-refractivity contribution < 1.29 is 17.6 Å². The third kappa shape index (κ3) is 4.41. The van der Waals surface area contributed by atoms with Gasteiger partial charge in [-0.15, -0.1) is 11.3 Å². The maximum absolute atomic E-state index is 13.6. The van der Waals surface area contributed by atoms with Crippen LogP contribution in [-0.2, 0) is 10.0 Å². The molecule has 2 heterocycles. The minimum atomic E-state index is -3.34. The fourth-order valence-corrected chi connectivity index (χ4v) is 3.39. The standard InChI is InChI=1S/C16H13FN4O3S2/c1-26(23,24)21-11-4-2-10(3-5-11)14-9-25-16(19-14)20-15(22)12-6-7-18-8-13(12)17/h2-9,21H,1H3,(H,19,20,22). The average Bonchev–Trinajstić information content (AvgIpc) is 3.03. The minimum absolute atomic E-state index is 0.118. The molecule has 2 N–H and O–H groups in total. The molecule has 1 amide bonds. The molecule has 0 fully saturated rings. The van der Waals surface area contributed by atoms with Gasteiger partial charge in [0.2, 0.25) is 10.0 Å². The second kappa shape index (κ2) is 7.18. The molecule has 0 saturated carbocycles. The Morgan fingerprint density at radius 3 is 2.58 bits per heavy atom. The van der Waals surface area contributed by atoms with E-state index in [1.54, 1.807) is 29.6 Å². The molecule has 0 aliphatic rings. The number of aromatic nitrogens is 2. The molecule has 1 aromatic carbocycles. The summed E-state index contributed by atoms with van der Waals surface area (Å²) in [6, 6.07) is 7.92. The topological polar surface area (TPSA) is 101 Å². The van der Waals surface area contributed by atoms with Crippen molar-refractivity contribution >= 4 is 38.1 Å². The average molecular weight is 392 g/mol. The smallest absolute Gasteiger partial charge is 0.260 e. The molecule has 0 radical (unpaired) electrons. The molecule has 26 heavy (non-hydrogen) atoms. The first-order valence-electron chi connectivity index (χ1n) is 7.26. The van der Waals surface area contributed by atoms with Crippen molar-refractivity contribution in [3.63, 3.8) is 0 Å². The number of thiazole rings is 1. The van der Waals surface area contributed by atoms with Crippen molar-refractivity contribution in [2.75, 3.05) is 16.3 Å². The first kappa shape index (κ1) is 18.0. The summed E-state index contributed by atoms with van der Waals surface area (Å²) < 4.78 is 38.4. The van der Waals surface area contributed by atoms with Gasteiger partial charge in [-0.1, -0.05) is 12.1 Å². The Labute approximate surface area is 153 Å². The summed E-state index contributed by atoms with van der Waals surface area (Å²) in [4.78, 5) is 20.0. The molecule has 0 spiro atoms. The molecule has 0 aliphatic heterocycles. The highest BCUT2D eigenvalue weighted by atomic mass is 32.2. The number of carbonyl (C=O) groups is 1. The summed E-state index contributed by atoms with van der Waals surface area (Å²) in [5.41, 5.74) is 1.67. The summed E-state index contributed by atoms with van der Waals surface area (Å²) in [5.74, 6) is -1.32. The number of pyridine rings is 1. The van der Waals surface area contributed by atoms with Crippen LogP contribution in [0.2, 0.25) is 0 Å². The Kier molecular flexibility index (Phi) is 4.96. The summed E-state index contributed by atoms with van der Waals surface area (Å²) in [6.45, 7) is 0. The van der Waals surface area contributed by atoms with Gasteiger partial charge >= 0.3 is 0 Å². The van der Waals surface area contributed by atoms with E-state index < -0.39 is 21.7 Å². The Hall–Kier alpha value is -2.85. The van der Waals surface area contributed by atoms with E-state index in [0.717, 1.165) is 18.0 Å². The first-order valence-corrected chi connectivity index (χ1v) is 10.0. The maximum Gasteiger partial charge on any atom is 0.260 e. The molecule has 0 unspecified atom stereocenters. The number of benzene rings is 1. The normalized spacial score (nSPS) is 11.2. The zero-order chi connectivity index (χ0) is 18.7. The lowest BCUT2D eigenvalue weighted by molar-refractivity contribution is 0.102. The van der Waals surface area contributed by atoms with Crippen LogP contribution in [-0.4, -0.2) is 30.5 Å². The van der Waals surface area contributed by atoms with E-state index in [9.17, 15) is 17.6 Å². The maximum atomic E-state index is 13.6. The van der Waals surface area contributed by atoms with Crippen molar-refractivity contribution in [2.45, 2.75) is 0 Å². The van der Waals surface area contributed by atoms with E-state index >= 15 is 0 Å². The zero-order valence-electron chi connectivity index (χ0n) is 13.4. The van der Waals surface area contributed by atoms with Crippen molar-refractivity contribution in [3.05, 3.63) is 59.5 Å². The van der Waals surface area contributed by atoms with E-state index in [0.29, 0.717) is 16.5 Å². The molecule has 3 rings (SSSR count). The van der Waals surface area contributed by atoms with Crippen LogP contribution in [0.4, 0.5) is 15.2 Å². The number of nitrogens with zero attached hydrogens (tertiary/aromatic N) is 2. The number of amides is 1. The highest BCUT2D eigenvalue weighted by Gasteiger charge is 2.14. The largest absolute Gasteiger partial charge is 0.298 e. The zero-order valence-corrected chi connectivity index (χ0v) is 15.1. The van der Waals surface area contributed by atoms with E-state index in [1.165, 1.54) is 23.6 Å². The van der Waals surface area contributed by atoms with Crippen molar-refractivity contribution in [1.29, 1.82) is 0 Å². The van der Waals surface area contributed by atoms with E-state index in [2.05, 4.69) is 20.0 Å². The Morgan fingerprint density at radius 2 is 1.92 bits per heavy atom. The van der Waals surface area contributed by atoms with Gasteiger partial charge in [0.15, 0.2) is 10.9 Å². The lowest BCUT2D eigenvalue weighted by Crippen LogP contribution is -2.13. The van der Waals surface area contributed by atoms with Crippen LogP contribution in [0.5, 0.6) is 0 Å². The van der Waals surface area contributed by atoms with Crippen molar-refractivity contribution in [3.8, 4) is 11.3 Å². The van der Waals surface area contributed by atoms with Crippen molar-refractivity contribution in [1.82, 2.24) is 9.97 Å². The number of hydrogen-bond acceptors (Lipinski definition) is 6. The predicted molar refractivity (Wildman–Crippen MR) is 98.2 cm³/mol. The molecule has 134 valence electrons. The molecular formula is C16H13FN4O3S2. The molecule has 0 saturated heterocycles. The van der Waals surface area contributed by atoms with Gasteiger partial charge in [-0.25, -0.2) is 17.8 Å². The van der Waals surface area contributed by atoms with Gasteiger partial charge in [-0.3, -0.25) is 19.8 Å². The number of carbonyl (C=O) groups excluding carboxylic acids is 1. The Morgan fingerprint density at radius 1 is 1.19 bits per heavy atom. The highest BCUT2D eigenvalue weighted by molar-refractivity contribution is 7.92. The number of nitrogens with one attached hydrogen (secondary N) is 2. The number of rotatable bonds is 5. The van der Waals surface area contributed by atoms with Gasteiger partial charge < -0.3 is 0 Å². The SMILES string of the molecule is CS(=O)(=O)Nc1ccc(-c2csc(NC(=O)c3ccncc3F)n2)cc1. The molecule has 2 aromatic heterocycles. The van der Waals surface area contributed by atoms with Crippen LogP contribution in [0.25, 0.3) is 11.3 Å². The van der Waals surface area contributed by atoms with Crippen molar-refractivity contribution in [2.24, 2.45) is 0 Å². The molecule has 0 atom stereocenters. The summed E-state index contributed by atoms with van der Waals surface area (Å²) >= 11 is 1.19. The summed E-state index contributed by atoms with van der Waals surface area (Å²) in [5, 5.41) is 4.59. The highest BCUT2D eigenvalue weighted by Crippen LogP contribution is 2.26. The molecule has 0 bridgehead atoms. The van der Waals surface area contributed by atoms with Gasteiger partial charge in [0.05, 0.1) is 23.7 Å². The van der Waals surface area contributed by atoms with E-state index in [-0.39, 0.29) is 5.56 Å². The van der Waals surface area contributed by atoms with Crippen LogP contribution >= 0.6 is 11.3 Å². The number of sulfonamides is 1. The number of halogens is 1. The van der Waals surface area contributed by atoms with Gasteiger partial charge in [0.1, 0.15) is 0 Å². The Bertz CT molecular complexity index is 1050. The summed E-state index contributed by atoms with van der Waals surface area (Å²) in [6.07, 6.45) is 3.37. The molecule has 10 heteroatoms. The fraction of sp³-hybridized carbons (Fsp3) is 0.0625. The molecule has 3 aromatic rings. The van der Waals surface area contributed by atoms with Crippen LogP contribution in [0, 0.1) is 5.82 Å². The quantitative estimate of drug-likeness (QED) is 0.695. The lowest BCUT2D eigenvalue weighted by atomic mass is 10.1. The molecular weight excluding hydrogens is 379 g/mol. The number of anilines is 2. The van der Waals surface area contributed by atoms with Crippen LogP contribution in [0.3, 0.4) is 0 Å². The number of hydrogen-bond donors (Lipinski definition) is 2. The van der Waals surface area contributed by atoms with Gasteiger partial charge in [-0.05, 0) is 18.2 Å². The monoisotopic (exact) mass is 392 g/mol. The first-order chi connectivity index (χ1) is 12.3. The second-order valence-corrected chi connectivity index (χ2v) is 7.91. The minimum Gasteiger partial charge on any atom is -0.298 e. The molecule has 0 aliphatic carbocycles. The Balaban J connectivity index is 1.74. The third-order valence-corrected chi connectivity index (χ3v) is 4.59. The van der Waals surface area contributed by atoms with E-state index in [1.807, 2.05) is 0 Å². The van der Waals surface area contributed by atoms with Crippen LogP contribution in [0.1, 0.15) is 10.4 Å². The fourth-order valence-electron chi connectivity index (χ4n) is 2.11. The molecule has 7 nitrogen and oxygen atoms in total. The second-order valence-electron chi connectivity index (χ2n) is 5.30. The van der Waals surface area contributed by atoms with Gasteiger partial charge in [0.25, 0.3) is 5.91 Å². The van der Waals surface area contributed by atoms with Crippen LogP contribution in [0.15, 0.2) is 48.1 Å². The van der Waals surface area contributed by atoms with Gasteiger partial charge in [-0.2, -0.15) is 0 Å².